The number of rotatable bonds is 11. The molecular weight excluding hydrogens is 677 g/mol. The molecule has 0 spiro atoms. The smallest absolute Gasteiger partial charge is 0.432 e. The lowest BCUT2D eigenvalue weighted by Crippen LogP contribution is -2.42. The van der Waals surface area contributed by atoms with E-state index in [0.29, 0.717) is 12.8 Å². The van der Waals surface area contributed by atoms with Crippen molar-refractivity contribution >= 4 is 10.8 Å². The Hall–Kier alpha value is -3.13. The standard InChI is InChI=1S/C35H35F11O3/c1-2-3-20-4-5-24-17-23(7-6-22(24)16-20)21-8-10-25(11-9-21)32(38,39)47-27-14-12-26(13-15-27)33(40,41)48-28-18-29(36)31(30(37)19-28)34(42,43)49-35(44,45)46/h4-7,16-19,21,25-27H,2-3,8-15H2,1H3. The van der Waals surface area contributed by atoms with Crippen molar-refractivity contribution in [2.75, 3.05) is 0 Å². The Morgan fingerprint density at radius 1 is 0.653 bits per heavy atom. The van der Waals surface area contributed by atoms with E-state index in [1.54, 1.807) is 0 Å². The topological polar surface area (TPSA) is 27.7 Å². The summed E-state index contributed by atoms with van der Waals surface area (Å²) < 4.78 is 165. The van der Waals surface area contributed by atoms with E-state index in [-0.39, 0.29) is 56.6 Å². The van der Waals surface area contributed by atoms with Crippen molar-refractivity contribution in [1.29, 1.82) is 0 Å². The third-order valence-corrected chi connectivity index (χ3v) is 9.42. The molecule has 5 rings (SSSR count). The van der Waals surface area contributed by atoms with E-state index in [1.807, 2.05) is 6.07 Å². The van der Waals surface area contributed by atoms with Crippen molar-refractivity contribution in [3.8, 4) is 5.75 Å². The summed E-state index contributed by atoms with van der Waals surface area (Å²) in [5.41, 5.74) is -0.0897. The average Bonchev–Trinajstić information content (AvgIpc) is 2.99. The molecule has 0 aromatic heterocycles. The number of fused-ring (bicyclic) bond motifs is 1. The molecule has 2 saturated carbocycles. The van der Waals surface area contributed by atoms with Crippen molar-refractivity contribution in [3.05, 3.63) is 76.9 Å². The molecule has 0 atom stereocenters. The minimum Gasteiger partial charge on any atom is -0.432 e. The lowest BCUT2D eigenvalue weighted by atomic mass is 9.77. The van der Waals surface area contributed by atoms with Crippen molar-refractivity contribution in [1.82, 2.24) is 0 Å². The van der Waals surface area contributed by atoms with Crippen LogP contribution in [0, 0.1) is 23.5 Å². The Balaban J connectivity index is 1.12. The Bertz CT molecular complexity index is 1570. The number of hydrogen-bond donors (Lipinski definition) is 0. The molecule has 0 aliphatic heterocycles. The van der Waals surface area contributed by atoms with Crippen LogP contribution in [-0.2, 0) is 22.0 Å². The van der Waals surface area contributed by atoms with Crippen LogP contribution in [0.1, 0.15) is 87.3 Å². The van der Waals surface area contributed by atoms with Crippen LogP contribution in [-0.4, -0.2) is 24.7 Å². The highest BCUT2D eigenvalue weighted by Crippen LogP contribution is 2.47. The lowest BCUT2D eigenvalue weighted by Gasteiger charge is -2.38. The predicted molar refractivity (Wildman–Crippen MR) is 157 cm³/mol. The first-order valence-corrected chi connectivity index (χ1v) is 16.2. The normalized spacial score (nSPS) is 22.8. The van der Waals surface area contributed by atoms with Gasteiger partial charge >= 0.3 is 24.7 Å². The average molecular weight is 713 g/mol. The molecule has 0 heterocycles. The van der Waals surface area contributed by atoms with Crippen LogP contribution in [0.25, 0.3) is 10.8 Å². The fraction of sp³-hybridized carbons (Fsp3) is 0.543. The Morgan fingerprint density at radius 3 is 1.80 bits per heavy atom. The molecule has 49 heavy (non-hydrogen) atoms. The molecule has 0 saturated heterocycles. The molecule has 3 aromatic carbocycles. The molecule has 0 N–H and O–H groups in total. The van der Waals surface area contributed by atoms with Gasteiger partial charge in [0, 0.05) is 12.1 Å². The predicted octanol–water partition coefficient (Wildman–Crippen LogP) is 11.8. The van der Waals surface area contributed by atoms with Crippen LogP contribution in [0.3, 0.4) is 0 Å². The number of aryl methyl sites for hydroxylation is 1. The maximum Gasteiger partial charge on any atom is 0.527 e. The van der Waals surface area contributed by atoms with Gasteiger partial charge in [0.2, 0.25) is 0 Å². The molecular formula is C35H35F11O3. The molecule has 270 valence electrons. The summed E-state index contributed by atoms with van der Waals surface area (Å²) >= 11 is 0. The van der Waals surface area contributed by atoms with Crippen molar-refractivity contribution in [3.63, 3.8) is 0 Å². The summed E-state index contributed by atoms with van der Waals surface area (Å²) in [5.74, 6) is -8.44. The molecule has 2 aliphatic carbocycles. The van der Waals surface area contributed by atoms with Gasteiger partial charge in [0.1, 0.15) is 22.9 Å². The zero-order valence-electron chi connectivity index (χ0n) is 26.4. The Kier molecular flexibility index (Phi) is 10.8. The van der Waals surface area contributed by atoms with Crippen LogP contribution in [0.4, 0.5) is 48.3 Å². The van der Waals surface area contributed by atoms with Gasteiger partial charge in [-0.1, -0.05) is 49.7 Å². The molecule has 3 aromatic rings. The van der Waals surface area contributed by atoms with Crippen LogP contribution in [0.2, 0.25) is 0 Å². The first-order valence-electron chi connectivity index (χ1n) is 16.2. The van der Waals surface area contributed by atoms with Crippen LogP contribution in [0.5, 0.6) is 5.75 Å². The fourth-order valence-corrected chi connectivity index (χ4v) is 6.93. The van der Waals surface area contributed by atoms with Crippen molar-refractivity contribution < 1.29 is 62.5 Å². The highest BCUT2D eigenvalue weighted by Gasteiger charge is 2.51. The number of alkyl halides is 9. The molecule has 3 nitrogen and oxygen atoms in total. The van der Waals surface area contributed by atoms with Gasteiger partial charge in [0.05, 0.1) is 17.9 Å². The monoisotopic (exact) mass is 712 g/mol. The Labute approximate surface area is 275 Å². The van der Waals surface area contributed by atoms with Gasteiger partial charge < -0.3 is 9.47 Å². The highest BCUT2D eigenvalue weighted by atomic mass is 19.4. The number of benzene rings is 3. The quantitative estimate of drug-likeness (QED) is 0.185. The van der Waals surface area contributed by atoms with Crippen molar-refractivity contribution in [2.24, 2.45) is 11.8 Å². The van der Waals surface area contributed by atoms with E-state index in [2.05, 4.69) is 46.7 Å². The maximum atomic E-state index is 15.2. The zero-order valence-corrected chi connectivity index (χ0v) is 26.4. The van der Waals surface area contributed by atoms with Crippen LogP contribution < -0.4 is 4.74 Å². The van der Waals surface area contributed by atoms with Gasteiger partial charge in [-0.3, -0.25) is 0 Å². The zero-order chi connectivity index (χ0) is 35.8. The largest absolute Gasteiger partial charge is 0.527 e. The van der Waals surface area contributed by atoms with Gasteiger partial charge in [-0.15, -0.1) is 13.2 Å². The van der Waals surface area contributed by atoms with Crippen LogP contribution in [0.15, 0.2) is 48.5 Å². The summed E-state index contributed by atoms with van der Waals surface area (Å²) in [7, 11) is 0. The lowest BCUT2D eigenvalue weighted by molar-refractivity contribution is -0.432. The number of hydrogen-bond acceptors (Lipinski definition) is 3. The van der Waals surface area contributed by atoms with E-state index in [0.717, 1.165) is 29.2 Å². The van der Waals surface area contributed by atoms with E-state index in [4.69, 9.17) is 4.74 Å². The molecule has 2 aliphatic rings. The first kappa shape index (κ1) is 37.1. The van der Waals surface area contributed by atoms with Crippen molar-refractivity contribution in [2.45, 2.75) is 108 Å². The second-order valence-electron chi connectivity index (χ2n) is 12.9. The minimum absolute atomic E-state index is 0.118. The summed E-state index contributed by atoms with van der Waals surface area (Å²) in [4.78, 5) is 0. The molecule has 0 radical (unpaired) electrons. The number of ether oxygens (including phenoxy) is 3. The Morgan fingerprint density at radius 2 is 1.20 bits per heavy atom. The molecule has 2 fully saturated rings. The fourth-order valence-electron chi connectivity index (χ4n) is 6.93. The van der Waals surface area contributed by atoms with Gasteiger partial charge in [-0.2, -0.15) is 26.3 Å². The maximum absolute atomic E-state index is 15.2. The summed E-state index contributed by atoms with van der Waals surface area (Å²) in [6.07, 6.45) is -17.7. The first-order chi connectivity index (χ1) is 22.9. The highest BCUT2D eigenvalue weighted by molar-refractivity contribution is 5.84. The van der Waals surface area contributed by atoms with Gasteiger partial charge in [0.15, 0.2) is 0 Å². The SMILES string of the molecule is CCCc1ccc2cc(C3CCC(C(F)(F)OC4CCC(C(F)(F)Oc5cc(F)c(C(F)(F)OC(F)(F)F)c(F)c5)CC4)CC3)ccc2c1. The van der Waals surface area contributed by atoms with E-state index >= 15 is 8.78 Å². The van der Waals surface area contributed by atoms with Crippen LogP contribution >= 0.6 is 0 Å². The van der Waals surface area contributed by atoms with Gasteiger partial charge in [0.25, 0.3) is 0 Å². The summed E-state index contributed by atoms with van der Waals surface area (Å²) in [5, 5.41) is 2.22. The van der Waals surface area contributed by atoms with E-state index in [1.165, 1.54) is 5.56 Å². The van der Waals surface area contributed by atoms with E-state index < -0.39 is 65.6 Å². The van der Waals surface area contributed by atoms with E-state index in [9.17, 15) is 39.5 Å². The third kappa shape index (κ3) is 8.97. The summed E-state index contributed by atoms with van der Waals surface area (Å²) in [6, 6.07) is 12.3. The van der Waals surface area contributed by atoms with Gasteiger partial charge in [-0.05, 0) is 85.6 Å². The third-order valence-electron chi connectivity index (χ3n) is 9.42. The molecule has 0 amide bonds. The number of halogens is 11. The van der Waals surface area contributed by atoms with Gasteiger partial charge in [-0.25, -0.2) is 13.5 Å². The minimum atomic E-state index is -5.96. The summed E-state index contributed by atoms with van der Waals surface area (Å²) in [6.45, 7) is 2.12. The second kappa shape index (κ2) is 14.2. The second-order valence-corrected chi connectivity index (χ2v) is 12.9. The molecule has 0 unspecified atom stereocenters. The molecule has 0 bridgehead atoms. The molecule has 14 heteroatoms.